The monoisotopic (exact) mass is 308 g/mol. The minimum Gasteiger partial charge on any atom is -0.481 e. The van der Waals surface area contributed by atoms with Gasteiger partial charge in [0.2, 0.25) is 5.88 Å². The van der Waals surface area contributed by atoms with Crippen LogP contribution in [-0.2, 0) is 0 Å². The van der Waals surface area contributed by atoms with Gasteiger partial charge in [-0.2, -0.15) is 9.97 Å². The molecule has 122 valence electrons. The lowest BCUT2D eigenvalue weighted by atomic mass is 9.95. The van der Waals surface area contributed by atoms with E-state index in [0.29, 0.717) is 18.3 Å². The Morgan fingerprint density at radius 3 is 2.91 bits per heavy atom. The Morgan fingerprint density at radius 2 is 2.23 bits per heavy atom. The second kappa shape index (κ2) is 7.93. The largest absolute Gasteiger partial charge is 0.481 e. The van der Waals surface area contributed by atoms with Crippen LogP contribution < -0.4 is 14.8 Å². The molecule has 22 heavy (non-hydrogen) atoms. The normalized spacial score (nSPS) is 18.8. The molecule has 1 fully saturated rings. The summed E-state index contributed by atoms with van der Waals surface area (Å²) in [5.74, 6) is 0.725. The quantitative estimate of drug-likeness (QED) is 0.843. The molecule has 1 unspecified atom stereocenters. The van der Waals surface area contributed by atoms with Crippen LogP contribution in [0.25, 0.3) is 0 Å². The number of rotatable bonds is 6. The van der Waals surface area contributed by atoms with E-state index < -0.39 is 0 Å². The standard InChI is InChI=1S/C15H24N4O3/c1-19-8-4-5-11(10-19)6-7-16-14(20)12-9-13(21-2)18-15(17-12)22-3/h9,11H,4-8,10H2,1-3H3,(H,16,20). The summed E-state index contributed by atoms with van der Waals surface area (Å²) in [5, 5.41) is 2.90. The van der Waals surface area contributed by atoms with Crippen molar-refractivity contribution in [2.75, 3.05) is 40.9 Å². The highest BCUT2D eigenvalue weighted by Crippen LogP contribution is 2.18. The van der Waals surface area contributed by atoms with E-state index in [2.05, 4.69) is 27.2 Å². The zero-order chi connectivity index (χ0) is 15.9. The molecule has 0 saturated carbocycles. The average Bonchev–Trinajstić information content (AvgIpc) is 2.54. The van der Waals surface area contributed by atoms with Gasteiger partial charge in [0.05, 0.1) is 14.2 Å². The molecule has 0 spiro atoms. The average molecular weight is 308 g/mol. The molecule has 2 heterocycles. The predicted molar refractivity (Wildman–Crippen MR) is 82.3 cm³/mol. The highest BCUT2D eigenvalue weighted by molar-refractivity contribution is 5.92. The Kier molecular flexibility index (Phi) is 5.94. The molecular weight excluding hydrogens is 284 g/mol. The summed E-state index contributed by atoms with van der Waals surface area (Å²) in [6.07, 6.45) is 3.44. The van der Waals surface area contributed by atoms with Crippen LogP contribution in [0.3, 0.4) is 0 Å². The maximum atomic E-state index is 12.2. The second-order valence-corrected chi connectivity index (χ2v) is 5.60. The second-order valence-electron chi connectivity index (χ2n) is 5.60. The van der Waals surface area contributed by atoms with Crippen LogP contribution >= 0.6 is 0 Å². The smallest absolute Gasteiger partial charge is 0.320 e. The van der Waals surface area contributed by atoms with E-state index in [1.54, 1.807) is 0 Å². The van der Waals surface area contributed by atoms with Crippen molar-refractivity contribution in [1.29, 1.82) is 0 Å². The molecule has 0 aliphatic carbocycles. The molecule has 0 bridgehead atoms. The Morgan fingerprint density at radius 1 is 1.41 bits per heavy atom. The fraction of sp³-hybridized carbons (Fsp3) is 0.667. The Balaban J connectivity index is 1.86. The van der Waals surface area contributed by atoms with Crippen molar-refractivity contribution in [1.82, 2.24) is 20.2 Å². The summed E-state index contributed by atoms with van der Waals surface area (Å²) >= 11 is 0. The molecule has 1 N–H and O–H groups in total. The number of likely N-dealkylation sites (tertiary alicyclic amines) is 1. The van der Waals surface area contributed by atoms with Gasteiger partial charge in [0.1, 0.15) is 5.69 Å². The lowest BCUT2D eigenvalue weighted by molar-refractivity contribution is 0.0941. The molecule has 2 rings (SSSR count). The van der Waals surface area contributed by atoms with Crippen molar-refractivity contribution in [3.63, 3.8) is 0 Å². The Hall–Kier alpha value is -1.89. The number of amides is 1. The third kappa shape index (κ3) is 4.56. The number of piperidine rings is 1. The molecule has 1 aromatic heterocycles. The molecule has 1 amide bonds. The lowest BCUT2D eigenvalue weighted by Gasteiger charge is -2.29. The SMILES string of the molecule is COc1cc(C(=O)NCCC2CCCN(C)C2)nc(OC)n1. The van der Waals surface area contributed by atoms with Crippen LogP contribution in [0.15, 0.2) is 6.07 Å². The van der Waals surface area contributed by atoms with E-state index >= 15 is 0 Å². The van der Waals surface area contributed by atoms with Crippen molar-refractivity contribution >= 4 is 5.91 Å². The minimum absolute atomic E-state index is 0.124. The fourth-order valence-corrected chi connectivity index (χ4v) is 2.71. The molecule has 1 aromatic rings. The van der Waals surface area contributed by atoms with E-state index in [1.165, 1.54) is 39.7 Å². The van der Waals surface area contributed by atoms with Crippen molar-refractivity contribution < 1.29 is 14.3 Å². The van der Waals surface area contributed by atoms with Gasteiger partial charge in [0, 0.05) is 19.2 Å². The number of methoxy groups -OCH3 is 2. The number of hydrogen-bond donors (Lipinski definition) is 1. The number of carbonyl (C=O) groups is 1. The van der Waals surface area contributed by atoms with Gasteiger partial charge in [-0.05, 0) is 38.8 Å². The van der Waals surface area contributed by atoms with Gasteiger partial charge in [0.25, 0.3) is 5.91 Å². The van der Waals surface area contributed by atoms with Gasteiger partial charge < -0.3 is 19.7 Å². The third-order valence-electron chi connectivity index (χ3n) is 3.87. The zero-order valence-electron chi connectivity index (χ0n) is 13.5. The minimum atomic E-state index is -0.233. The van der Waals surface area contributed by atoms with Crippen molar-refractivity contribution in [3.05, 3.63) is 11.8 Å². The van der Waals surface area contributed by atoms with Crippen molar-refractivity contribution in [2.24, 2.45) is 5.92 Å². The maximum absolute atomic E-state index is 12.2. The van der Waals surface area contributed by atoms with Gasteiger partial charge in [-0.3, -0.25) is 4.79 Å². The van der Waals surface area contributed by atoms with Crippen LogP contribution in [0.2, 0.25) is 0 Å². The molecular formula is C15H24N4O3. The van der Waals surface area contributed by atoms with Crippen molar-refractivity contribution in [3.8, 4) is 11.9 Å². The number of nitrogens with zero attached hydrogens (tertiary/aromatic N) is 3. The van der Waals surface area contributed by atoms with E-state index in [0.717, 1.165) is 13.0 Å². The third-order valence-corrected chi connectivity index (χ3v) is 3.87. The molecule has 1 aliphatic heterocycles. The van der Waals surface area contributed by atoms with E-state index in [-0.39, 0.29) is 17.6 Å². The van der Waals surface area contributed by atoms with Crippen LogP contribution in [0, 0.1) is 5.92 Å². The Bertz CT molecular complexity index is 487. The predicted octanol–water partition coefficient (Wildman–Crippen LogP) is 0.956. The summed E-state index contributed by atoms with van der Waals surface area (Å²) in [4.78, 5) is 22.5. The summed E-state index contributed by atoms with van der Waals surface area (Å²) in [7, 11) is 5.09. The summed E-state index contributed by atoms with van der Waals surface area (Å²) in [6.45, 7) is 2.92. The number of aromatic nitrogens is 2. The number of nitrogens with one attached hydrogen (secondary N) is 1. The number of carbonyl (C=O) groups excluding carboxylic acids is 1. The van der Waals surface area contributed by atoms with Crippen LogP contribution in [-0.4, -0.2) is 61.7 Å². The van der Waals surface area contributed by atoms with Gasteiger partial charge in [-0.1, -0.05) is 0 Å². The first-order chi connectivity index (χ1) is 10.6. The molecule has 1 saturated heterocycles. The molecule has 0 radical (unpaired) electrons. The first-order valence-electron chi connectivity index (χ1n) is 7.56. The molecule has 1 aliphatic rings. The number of hydrogen-bond acceptors (Lipinski definition) is 6. The summed E-state index contributed by atoms with van der Waals surface area (Å²) in [5.41, 5.74) is 0.254. The first kappa shape index (κ1) is 16.5. The first-order valence-corrected chi connectivity index (χ1v) is 7.56. The van der Waals surface area contributed by atoms with Crippen LogP contribution in [0.1, 0.15) is 29.8 Å². The van der Waals surface area contributed by atoms with E-state index in [1.807, 2.05) is 0 Å². The molecule has 7 nitrogen and oxygen atoms in total. The number of ether oxygens (including phenoxy) is 2. The Labute approximate surface area is 131 Å². The fourth-order valence-electron chi connectivity index (χ4n) is 2.71. The molecule has 7 heteroatoms. The van der Waals surface area contributed by atoms with Gasteiger partial charge in [0.15, 0.2) is 0 Å². The van der Waals surface area contributed by atoms with Gasteiger partial charge in [-0.25, -0.2) is 0 Å². The maximum Gasteiger partial charge on any atom is 0.320 e. The highest BCUT2D eigenvalue weighted by atomic mass is 16.5. The van der Waals surface area contributed by atoms with Crippen molar-refractivity contribution in [2.45, 2.75) is 19.3 Å². The lowest BCUT2D eigenvalue weighted by Crippen LogP contribution is -2.34. The highest BCUT2D eigenvalue weighted by Gasteiger charge is 2.18. The summed E-state index contributed by atoms with van der Waals surface area (Å²) < 4.78 is 10.0. The van der Waals surface area contributed by atoms with Crippen LogP contribution in [0.5, 0.6) is 11.9 Å². The van der Waals surface area contributed by atoms with Gasteiger partial charge >= 0.3 is 6.01 Å². The van der Waals surface area contributed by atoms with E-state index in [4.69, 9.17) is 9.47 Å². The molecule has 1 atom stereocenters. The topological polar surface area (TPSA) is 76.6 Å². The van der Waals surface area contributed by atoms with Gasteiger partial charge in [-0.15, -0.1) is 0 Å². The zero-order valence-corrected chi connectivity index (χ0v) is 13.5. The van der Waals surface area contributed by atoms with Crippen LogP contribution in [0.4, 0.5) is 0 Å². The van der Waals surface area contributed by atoms with E-state index in [9.17, 15) is 4.79 Å². The summed E-state index contributed by atoms with van der Waals surface area (Å²) in [6, 6.07) is 1.63. The molecule has 0 aromatic carbocycles.